The Morgan fingerprint density at radius 3 is 2.68 bits per heavy atom. The van der Waals surface area contributed by atoms with Gasteiger partial charge < -0.3 is 10.3 Å². The van der Waals surface area contributed by atoms with Crippen molar-refractivity contribution in [3.63, 3.8) is 0 Å². The van der Waals surface area contributed by atoms with Gasteiger partial charge in [-0.15, -0.1) is 10.2 Å². The summed E-state index contributed by atoms with van der Waals surface area (Å²) in [5, 5.41) is 8.34. The van der Waals surface area contributed by atoms with Crippen LogP contribution in [0, 0.1) is 5.92 Å². The number of aromatic nitrogens is 3. The molecule has 0 radical (unpaired) electrons. The lowest BCUT2D eigenvalue weighted by molar-refractivity contribution is 0.274. The second-order valence-electron chi connectivity index (χ2n) is 5.29. The zero-order valence-electron chi connectivity index (χ0n) is 10.9. The maximum Gasteiger partial charge on any atom is 0.140 e. The monoisotopic (exact) mass is 320 g/mol. The molecule has 2 N–H and O–H groups in total. The topological polar surface area (TPSA) is 56.7 Å². The Morgan fingerprint density at radius 2 is 2.16 bits per heavy atom. The van der Waals surface area contributed by atoms with E-state index in [-0.39, 0.29) is 0 Å². The molecule has 100 valence electrons. The highest BCUT2D eigenvalue weighted by atomic mass is 79.9. The summed E-state index contributed by atoms with van der Waals surface area (Å²) in [6.45, 7) is 0. The first-order valence-corrected chi connectivity index (χ1v) is 7.34. The Bertz CT molecular complexity index is 569. The summed E-state index contributed by atoms with van der Waals surface area (Å²) in [5.41, 5.74) is 7.99. The molecule has 0 amide bonds. The van der Waals surface area contributed by atoms with Crippen molar-refractivity contribution in [2.75, 3.05) is 5.73 Å². The Morgan fingerprint density at radius 1 is 1.37 bits per heavy atom. The zero-order valence-corrected chi connectivity index (χ0v) is 12.5. The largest absolute Gasteiger partial charge is 0.399 e. The zero-order chi connectivity index (χ0) is 13.4. The first kappa shape index (κ1) is 12.7. The number of hydrogen-bond acceptors (Lipinski definition) is 3. The number of anilines is 1. The lowest BCUT2D eigenvalue weighted by atomic mass is 9.72. The van der Waals surface area contributed by atoms with E-state index in [0.717, 1.165) is 16.0 Å². The highest BCUT2D eigenvalue weighted by Crippen LogP contribution is 2.43. The van der Waals surface area contributed by atoms with Gasteiger partial charge in [0.25, 0.3) is 0 Å². The average molecular weight is 321 g/mol. The molecular weight excluding hydrogens is 304 g/mol. The lowest BCUT2D eigenvalue weighted by Gasteiger charge is -2.33. The summed E-state index contributed by atoms with van der Waals surface area (Å²) in [7, 11) is 2.00. The molecule has 1 heterocycles. The van der Waals surface area contributed by atoms with E-state index < -0.39 is 0 Å². The van der Waals surface area contributed by atoms with Crippen LogP contribution in [0.25, 0.3) is 0 Å². The van der Waals surface area contributed by atoms with Crippen LogP contribution in [-0.2, 0) is 7.05 Å². The molecule has 1 unspecified atom stereocenters. The van der Waals surface area contributed by atoms with E-state index in [1.165, 1.54) is 24.8 Å². The van der Waals surface area contributed by atoms with Crippen LogP contribution < -0.4 is 5.73 Å². The number of halogens is 1. The summed E-state index contributed by atoms with van der Waals surface area (Å²) < 4.78 is 3.04. The van der Waals surface area contributed by atoms with Gasteiger partial charge in [0, 0.05) is 23.1 Å². The molecule has 1 atom stereocenters. The van der Waals surface area contributed by atoms with Crippen LogP contribution in [0.3, 0.4) is 0 Å². The molecule has 0 aliphatic heterocycles. The molecule has 1 fully saturated rings. The molecule has 2 aromatic rings. The number of nitrogen functional groups attached to an aromatic ring is 1. The summed E-state index contributed by atoms with van der Waals surface area (Å²) >= 11 is 3.53. The van der Waals surface area contributed by atoms with E-state index in [1.54, 1.807) is 6.33 Å². The third-order valence-corrected chi connectivity index (χ3v) is 4.41. The van der Waals surface area contributed by atoms with Gasteiger partial charge in [-0.05, 0) is 42.5 Å². The molecule has 19 heavy (non-hydrogen) atoms. The standard InChI is InChI=1S/C14H17BrN4/c1-19-8-17-18-14(19)13(9-3-2-4-9)10-5-11(15)7-12(16)6-10/h5-9,13H,2-4,16H2,1H3. The normalized spacial score (nSPS) is 17.2. The van der Waals surface area contributed by atoms with E-state index in [9.17, 15) is 0 Å². The van der Waals surface area contributed by atoms with Crippen molar-refractivity contribution in [1.82, 2.24) is 14.8 Å². The molecule has 3 rings (SSSR count). The fraction of sp³-hybridized carbons (Fsp3) is 0.429. The molecule has 1 aliphatic rings. The number of nitrogens with two attached hydrogens (primary N) is 1. The highest BCUT2D eigenvalue weighted by molar-refractivity contribution is 9.10. The van der Waals surface area contributed by atoms with Crippen LogP contribution >= 0.6 is 15.9 Å². The van der Waals surface area contributed by atoms with Gasteiger partial charge in [-0.2, -0.15) is 0 Å². The van der Waals surface area contributed by atoms with Crippen LogP contribution in [0.4, 0.5) is 5.69 Å². The van der Waals surface area contributed by atoms with Crippen molar-refractivity contribution >= 4 is 21.6 Å². The number of hydrogen-bond donors (Lipinski definition) is 1. The fourth-order valence-electron chi connectivity index (χ4n) is 2.79. The third-order valence-electron chi connectivity index (χ3n) is 3.95. The molecule has 0 bridgehead atoms. The smallest absolute Gasteiger partial charge is 0.140 e. The van der Waals surface area contributed by atoms with Crippen LogP contribution in [-0.4, -0.2) is 14.8 Å². The van der Waals surface area contributed by atoms with E-state index in [1.807, 2.05) is 17.7 Å². The van der Waals surface area contributed by atoms with Crippen LogP contribution in [0.1, 0.15) is 36.6 Å². The summed E-state index contributed by atoms with van der Waals surface area (Å²) in [6, 6.07) is 6.13. The Balaban J connectivity index is 2.06. The molecule has 0 spiro atoms. The van der Waals surface area contributed by atoms with Crippen LogP contribution in [0.15, 0.2) is 29.0 Å². The van der Waals surface area contributed by atoms with Gasteiger partial charge in [-0.3, -0.25) is 0 Å². The second kappa shape index (κ2) is 4.96. The second-order valence-corrected chi connectivity index (χ2v) is 6.20. The number of rotatable bonds is 3. The third kappa shape index (κ3) is 2.39. The minimum absolute atomic E-state index is 0.293. The minimum Gasteiger partial charge on any atom is -0.399 e. The van der Waals surface area contributed by atoms with Gasteiger partial charge in [-0.25, -0.2) is 0 Å². The minimum atomic E-state index is 0.293. The first-order valence-electron chi connectivity index (χ1n) is 6.55. The molecular formula is C14H17BrN4. The Kier molecular flexibility index (Phi) is 3.31. The van der Waals surface area contributed by atoms with Crippen LogP contribution in [0.2, 0.25) is 0 Å². The maximum atomic E-state index is 5.98. The summed E-state index contributed by atoms with van der Waals surface area (Å²) in [6.07, 6.45) is 5.58. The van der Waals surface area contributed by atoms with Crippen LogP contribution in [0.5, 0.6) is 0 Å². The van der Waals surface area contributed by atoms with E-state index in [4.69, 9.17) is 5.73 Å². The molecule has 1 aliphatic carbocycles. The van der Waals surface area contributed by atoms with Crippen molar-refractivity contribution in [2.45, 2.75) is 25.2 Å². The summed E-state index contributed by atoms with van der Waals surface area (Å²) in [4.78, 5) is 0. The van der Waals surface area contributed by atoms with Gasteiger partial charge in [-0.1, -0.05) is 22.4 Å². The predicted molar refractivity (Wildman–Crippen MR) is 78.7 cm³/mol. The van der Waals surface area contributed by atoms with Gasteiger partial charge in [0.15, 0.2) is 0 Å². The molecule has 0 saturated heterocycles. The maximum absolute atomic E-state index is 5.98. The first-order chi connectivity index (χ1) is 9.15. The van der Waals surface area contributed by atoms with E-state index >= 15 is 0 Å². The highest BCUT2D eigenvalue weighted by Gasteiger charge is 2.32. The molecule has 1 aromatic heterocycles. The van der Waals surface area contributed by atoms with Gasteiger partial charge >= 0.3 is 0 Å². The van der Waals surface area contributed by atoms with Crippen molar-refractivity contribution in [3.8, 4) is 0 Å². The Hall–Kier alpha value is -1.36. The Labute approximate surface area is 121 Å². The number of nitrogens with zero attached hydrogens (tertiary/aromatic N) is 3. The van der Waals surface area contributed by atoms with Gasteiger partial charge in [0.1, 0.15) is 12.2 Å². The SMILES string of the molecule is Cn1cnnc1C(c1cc(N)cc(Br)c1)C1CCC1. The van der Waals surface area contributed by atoms with Crippen molar-refractivity contribution in [1.29, 1.82) is 0 Å². The molecule has 1 aromatic carbocycles. The lowest BCUT2D eigenvalue weighted by Crippen LogP contribution is -2.24. The number of benzene rings is 1. The molecule has 1 saturated carbocycles. The van der Waals surface area contributed by atoms with E-state index in [2.05, 4.69) is 38.3 Å². The predicted octanol–water partition coefficient (Wildman–Crippen LogP) is 3.09. The van der Waals surface area contributed by atoms with Crippen molar-refractivity contribution in [2.24, 2.45) is 13.0 Å². The summed E-state index contributed by atoms with van der Waals surface area (Å²) in [5.74, 6) is 1.97. The molecule has 4 nitrogen and oxygen atoms in total. The average Bonchev–Trinajstić information content (AvgIpc) is 2.68. The van der Waals surface area contributed by atoms with Crippen molar-refractivity contribution in [3.05, 3.63) is 40.4 Å². The van der Waals surface area contributed by atoms with Crippen molar-refractivity contribution < 1.29 is 0 Å². The van der Waals surface area contributed by atoms with Gasteiger partial charge in [0.05, 0.1) is 0 Å². The number of aryl methyl sites for hydroxylation is 1. The quantitative estimate of drug-likeness (QED) is 0.884. The fourth-order valence-corrected chi connectivity index (χ4v) is 3.32. The van der Waals surface area contributed by atoms with E-state index in [0.29, 0.717) is 11.8 Å². The molecule has 5 heteroatoms. The van der Waals surface area contributed by atoms with Gasteiger partial charge in [0.2, 0.25) is 0 Å².